The number of methoxy groups -OCH3 is 1. The number of hydrogen-bond donors (Lipinski definition) is 0. The highest BCUT2D eigenvalue weighted by atomic mass is 19.4. The van der Waals surface area contributed by atoms with Crippen LogP contribution in [0.4, 0.5) is 13.2 Å². The monoisotopic (exact) mass is 244 g/mol. The largest absolute Gasteiger partial charge is 0.469 e. The van der Waals surface area contributed by atoms with Crippen LogP contribution in [0.25, 0.3) is 0 Å². The lowest BCUT2D eigenvalue weighted by molar-refractivity contribution is -0.142. The van der Waals surface area contributed by atoms with Crippen LogP contribution < -0.4 is 0 Å². The number of halogens is 3. The van der Waals surface area contributed by atoms with E-state index in [2.05, 4.69) is 4.74 Å². The normalized spacial score (nSPS) is 23.3. The Bertz CT molecular complexity index is 440. The number of ether oxygens (including phenoxy) is 1. The van der Waals surface area contributed by atoms with Crippen molar-refractivity contribution in [2.75, 3.05) is 7.11 Å². The molecule has 2 nitrogen and oxygen atoms in total. The van der Waals surface area contributed by atoms with E-state index >= 15 is 0 Å². The average Bonchev–Trinajstić information content (AvgIpc) is 3.07. The third kappa shape index (κ3) is 2.43. The van der Waals surface area contributed by atoms with Crippen molar-refractivity contribution in [3.05, 3.63) is 35.4 Å². The number of carbonyl (C=O) groups is 1. The van der Waals surface area contributed by atoms with Gasteiger partial charge >= 0.3 is 12.1 Å². The standard InChI is InChI=1S/C12H11F3O2/c1-17-11(16)10-6-9(10)7-3-2-4-8(5-7)12(13,14)15/h2-5,9-10H,6H2,1H3/t9-,10+/m1/s1. The van der Waals surface area contributed by atoms with Gasteiger partial charge in [0.1, 0.15) is 0 Å². The Morgan fingerprint density at radius 1 is 1.41 bits per heavy atom. The van der Waals surface area contributed by atoms with Gasteiger partial charge in [-0.1, -0.05) is 18.2 Å². The molecular weight excluding hydrogens is 233 g/mol. The van der Waals surface area contributed by atoms with Gasteiger partial charge in [0.05, 0.1) is 18.6 Å². The van der Waals surface area contributed by atoms with E-state index in [9.17, 15) is 18.0 Å². The minimum atomic E-state index is -4.34. The second-order valence-electron chi connectivity index (χ2n) is 4.10. The molecule has 1 aromatic rings. The molecule has 1 aliphatic carbocycles. The van der Waals surface area contributed by atoms with Crippen molar-refractivity contribution in [3.8, 4) is 0 Å². The van der Waals surface area contributed by atoms with Crippen molar-refractivity contribution in [2.24, 2.45) is 5.92 Å². The summed E-state index contributed by atoms with van der Waals surface area (Å²) in [5, 5.41) is 0. The summed E-state index contributed by atoms with van der Waals surface area (Å²) in [4.78, 5) is 11.2. The summed E-state index contributed by atoms with van der Waals surface area (Å²) in [5.41, 5.74) is -0.124. The van der Waals surface area contributed by atoms with E-state index < -0.39 is 11.7 Å². The van der Waals surface area contributed by atoms with Crippen molar-refractivity contribution >= 4 is 5.97 Å². The molecule has 0 amide bonds. The maximum Gasteiger partial charge on any atom is 0.416 e. The fraction of sp³-hybridized carbons (Fsp3) is 0.417. The van der Waals surface area contributed by atoms with Crippen LogP contribution >= 0.6 is 0 Å². The van der Waals surface area contributed by atoms with E-state index in [-0.39, 0.29) is 17.8 Å². The summed E-state index contributed by atoms with van der Waals surface area (Å²) in [6.07, 6.45) is -3.78. The van der Waals surface area contributed by atoms with Crippen LogP contribution in [-0.4, -0.2) is 13.1 Å². The van der Waals surface area contributed by atoms with Gasteiger partial charge in [-0.05, 0) is 24.0 Å². The first-order chi connectivity index (χ1) is 7.93. The van der Waals surface area contributed by atoms with Gasteiger partial charge < -0.3 is 4.74 Å². The maximum absolute atomic E-state index is 12.5. The third-order valence-corrected chi connectivity index (χ3v) is 2.94. The van der Waals surface area contributed by atoms with E-state index in [4.69, 9.17) is 0 Å². The SMILES string of the molecule is COC(=O)[C@H]1C[C@@H]1c1cccc(C(F)(F)F)c1. The summed E-state index contributed by atoms with van der Waals surface area (Å²) in [7, 11) is 1.28. The summed E-state index contributed by atoms with van der Waals surface area (Å²) in [6.45, 7) is 0. The van der Waals surface area contributed by atoms with Gasteiger partial charge in [-0.25, -0.2) is 0 Å². The molecule has 0 aliphatic heterocycles. The van der Waals surface area contributed by atoms with Crippen LogP contribution in [0.5, 0.6) is 0 Å². The van der Waals surface area contributed by atoms with Crippen LogP contribution in [-0.2, 0) is 15.7 Å². The molecule has 0 bridgehead atoms. The van der Waals surface area contributed by atoms with E-state index in [0.717, 1.165) is 12.1 Å². The van der Waals surface area contributed by atoms with Crippen molar-refractivity contribution < 1.29 is 22.7 Å². The molecule has 1 aliphatic rings. The van der Waals surface area contributed by atoms with Crippen molar-refractivity contribution in [3.63, 3.8) is 0 Å². The molecule has 2 rings (SSSR count). The van der Waals surface area contributed by atoms with E-state index in [1.807, 2.05) is 0 Å². The van der Waals surface area contributed by atoms with Crippen LogP contribution in [0.1, 0.15) is 23.5 Å². The summed E-state index contributed by atoms with van der Waals surface area (Å²) >= 11 is 0. The summed E-state index contributed by atoms with van der Waals surface area (Å²) < 4.78 is 42.0. The van der Waals surface area contributed by atoms with Crippen LogP contribution in [0.15, 0.2) is 24.3 Å². The third-order valence-electron chi connectivity index (χ3n) is 2.94. The lowest BCUT2D eigenvalue weighted by Crippen LogP contribution is -2.06. The van der Waals surface area contributed by atoms with Crippen LogP contribution in [0, 0.1) is 5.92 Å². The molecule has 92 valence electrons. The zero-order chi connectivity index (χ0) is 12.6. The molecule has 0 unspecified atom stereocenters. The molecule has 0 aromatic heterocycles. The molecule has 1 aromatic carbocycles. The number of hydrogen-bond acceptors (Lipinski definition) is 2. The van der Waals surface area contributed by atoms with Gasteiger partial charge in [0.2, 0.25) is 0 Å². The quantitative estimate of drug-likeness (QED) is 0.747. The maximum atomic E-state index is 12.5. The van der Waals surface area contributed by atoms with Crippen molar-refractivity contribution in [1.29, 1.82) is 0 Å². The highest BCUT2D eigenvalue weighted by Gasteiger charge is 2.45. The predicted molar refractivity (Wildman–Crippen MR) is 54.3 cm³/mol. The van der Waals surface area contributed by atoms with E-state index in [1.54, 1.807) is 6.07 Å². The minimum absolute atomic E-state index is 0.134. The summed E-state index contributed by atoms with van der Waals surface area (Å²) in [6, 6.07) is 5.11. The van der Waals surface area contributed by atoms with Gasteiger partial charge in [0.15, 0.2) is 0 Å². The molecule has 17 heavy (non-hydrogen) atoms. The lowest BCUT2D eigenvalue weighted by Gasteiger charge is -2.08. The number of alkyl halides is 3. The first kappa shape index (κ1) is 12.0. The fourth-order valence-electron chi connectivity index (χ4n) is 1.92. The Hall–Kier alpha value is -1.52. The number of carbonyl (C=O) groups excluding carboxylic acids is 1. The molecule has 1 fully saturated rings. The first-order valence-electron chi connectivity index (χ1n) is 5.18. The topological polar surface area (TPSA) is 26.3 Å². The highest BCUT2D eigenvalue weighted by molar-refractivity contribution is 5.77. The first-order valence-corrected chi connectivity index (χ1v) is 5.18. The van der Waals surface area contributed by atoms with Gasteiger partial charge in [-0.3, -0.25) is 4.79 Å². The Balaban J connectivity index is 2.17. The van der Waals surface area contributed by atoms with E-state index in [1.165, 1.54) is 13.2 Å². The number of benzene rings is 1. The Morgan fingerprint density at radius 2 is 2.12 bits per heavy atom. The van der Waals surface area contributed by atoms with Gasteiger partial charge in [-0.15, -0.1) is 0 Å². The Morgan fingerprint density at radius 3 is 2.71 bits per heavy atom. The highest BCUT2D eigenvalue weighted by Crippen LogP contribution is 2.48. The molecule has 0 radical (unpaired) electrons. The van der Waals surface area contributed by atoms with Crippen molar-refractivity contribution in [1.82, 2.24) is 0 Å². The van der Waals surface area contributed by atoms with Gasteiger partial charge in [0.25, 0.3) is 0 Å². The molecule has 0 spiro atoms. The smallest absolute Gasteiger partial charge is 0.416 e. The Kier molecular flexibility index (Phi) is 2.85. The number of esters is 1. The minimum Gasteiger partial charge on any atom is -0.469 e. The van der Waals surface area contributed by atoms with Gasteiger partial charge in [-0.2, -0.15) is 13.2 Å². The molecule has 0 saturated heterocycles. The summed E-state index contributed by atoms with van der Waals surface area (Å²) in [5.74, 6) is -0.777. The predicted octanol–water partition coefficient (Wildman–Crippen LogP) is 2.98. The number of rotatable bonds is 2. The molecule has 0 N–H and O–H groups in total. The average molecular weight is 244 g/mol. The van der Waals surface area contributed by atoms with Crippen LogP contribution in [0.3, 0.4) is 0 Å². The van der Waals surface area contributed by atoms with E-state index in [0.29, 0.717) is 12.0 Å². The van der Waals surface area contributed by atoms with Crippen LogP contribution in [0.2, 0.25) is 0 Å². The lowest BCUT2D eigenvalue weighted by atomic mass is 10.1. The zero-order valence-corrected chi connectivity index (χ0v) is 9.12. The molecule has 5 heteroatoms. The molecule has 1 saturated carbocycles. The molecule has 2 atom stereocenters. The fourth-order valence-corrected chi connectivity index (χ4v) is 1.92. The Labute approximate surface area is 96.4 Å². The second-order valence-corrected chi connectivity index (χ2v) is 4.10. The van der Waals surface area contributed by atoms with Gasteiger partial charge in [0, 0.05) is 0 Å². The zero-order valence-electron chi connectivity index (χ0n) is 9.12. The molecule has 0 heterocycles. The molecular formula is C12H11F3O2. The van der Waals surface area contributed by atoms with Crippen molar-refractivity contribution in [2.45, 2.75) is 18.5 Å². The second kappa shape index (κ2) is 4.05.